The number of aliphatic carboxylic acids is 1. The van der Waals surface area contributed by atoms with E-state index in [1.165, 1.54) is 12.2 Å². The maximum absolute atomic E-state index is 12.2. The minimum Gasteiger partial charge on any atom is -0.481 e. The summed E-state index contributed by atoms with van der Waals surface area (Å²) in [5.74, 6) is -0.799. The van der Waals surface area contributed by atoms with Crippen LogP contribution in [-0.4, -0.2) is 52.7 Å². The second kappa shape index (κ2) is 6.62. The van der Waals surface area contributed by atoms with Gasteiger partial charge in [0.05, 0.1) is 19.1 Å². The molecule has 7 nitrogen and oxygen atoms in total. The van der Waals surface area contributed by atoms with Crippen LogP contribution in [0, 0.1) is 0 Å². The Morgan fingerprint density at radius 3 is 3.00 bits per heavy atom. The van der Waals surface area contributed by atoms with Crippen LogP contribution in [0.4, 0.5) is 0 Å². The number of fused-ring (bicyclic) bond motifs is 1. The summed E-state index contributed by atoms with van der Waals surface area (Å²) in [5.41, 5.74) is 1.39. The monoisotopic (exact) mass is 316 g/mol. The summed E-state index contributed by atoms with van der Waals surface area (Å²) >= 11 is 0. The van der Waals surface area contributed by atoms with Gasteiger partial charge in [-0.15, -0.1) is 0 Å². The fourth-order valence-electron chi connectivity index (χ4n) is 2.45. The number of aromatic nitrogens is 1. The van der Waals surface area contributed by atoms with Crippen LogP contribution in [-0.2, 0) is 14.3 Å². The maximum Gasteiger partial charge on any atom is 0.306 e. The molecule has 7 heteroatoms. The summed E-state index contributed by atoms with van der Waals surface area (Å²) in [7, 11) is 0. The molecule has 2 aromatic rings. The Labute approximate surface area is 132 Å². The highest BCUT2D eigenvalue weighted by atomic mass is 16.5. The fourth-order valence-corrected chi connectivity index (χ4v) is 2.45. The molecule has 1 atom stereocenters. The molecule has 0 saturated carbocycles. The molecule has 0 spiro atoms. The van der Waals surface area contributed by atoms with Crippen molar-refractivity contribution in [3.63, 3.8) is 0 Å². The number of amides is 1. The molecule has 1 fully saturated rings. The van der Waals surface area contributed by atoms with Gasteiger partial charge in [-0.3, -0.25) is 9.59 Å². The van der Waals surface area contributed by atoms with Gasteiger partial charge in [0.25, 0.3) is 0 Å². The second-order valence-corrected chi connectivity index (χ2v) is 5.23. The molecule has 1 unspecified atom stereocenters. The van der Waals surface area contributed by atoms with Gasteiger partial charge in [-0.1, -0.05) is 12.1 Å². The number of benzene rings is 1. The van der Waals surface area contributed by atoms with E-state index < -0.39 is 12.1 Å². The standard InChI is InChI=1S/C16H16N2O5/c19-15(18-7-8-22-11(10-18)9-16(20)21)6-5-14-17-12-3-1-2-4-13(12)23-14/h1-6,11H,7-10H2,(H,20,21)/b6-5+. The van der Waals surface area contributed by atoms with E-state index in [1.807, 2.05) is 18.2 Å². The van der Waals surface area contributed by atoms with Gasteiger partial charge in [0, 0.05) is 25.2 Å². The summed E-state index contributed by atoms with van der Waals surface area (Å²) in [6.45, 7) is 1.04. The minimum atomic E-state index is -0.939. The quantitative estimate of drug-likeness (QED) is 0.860. The third kappa shape index (κ3) is 3.75. The highest BCUT2D eigenvalue weighted by molar-refractivity contribution is 5.91. The Balaban J connectivity index is 1.64. The van der Waals surface area contributed by atoms with Crippen LogP contribution in [0.25, 0.3) is 17.2 Å². The van der Waals surface area contributed by atoms with Crippen LogP contribution < -0.4 is 0 Å². The van der Waals surface area contributed by atoms with Crippen LogP contribution in [0.5, 0.6) is 0 Å². The number of para-hydroxylation sites is 2. The summed E-state index contributed by atoms with van der Waals surface area (Å²) < 4.78 is 10.9. The zero-order valence-corrected chi connectivity index (χ0v) is 12.3. The van der Waals surface area contributed by atoms with E-state index in [9.17, 15) is 9.59 Å². The number of hydrogen-bond donors (Lipinski definition) is 1. The molecular formula is C16H16N2O5. The van der Waals surface area contributed by atoms with Gasteiger partial charge in [-0.25, -0.2) is 4.98 Å². The topological polar surface area (TPSA) is 92.9 Å². The Kier molecular flexibility index (Phi) is 4.38. The molecule has 3 rings (SSSR count). The van der Waals surface area contributed by atoms with E-state index >= 15 is 0 Å². The zero-order chi connectivity index (χ0) is 16.2. The lowest BCUT2D eigenvalue weighted by Gasteiger charge is -2.31. The Bertz CT molecular complexity index is 719. The van der Waals surface area contributed by atoms with Gasteiger partial charge in [0.1, 0.15) is 5.52 Å². The summed E-state index contributed by atoms with van der Waals surface area (Å²) in [5, 5.41) is 8.79. The van der Waals surface area contributed by atoms with Crippen molar-refractivity contribution >= 4 is 29.1 Å². The molecule has 0 bridgehead atoms. The smallest absolute Gasteiger partial charge is 0.306 e. The van der Waals surface area contributed by atoms with Crippen molar-refractivity contribution in [2.24, 2.45) is 0 Å². The van der Waals surface area contributed by atoms with Gasteiger partial charge in [-0.2, -0.15) is 0 Å². The summed E-state index contributed by atoms with van der Waals surface area (Å²) in [6.07, 6.45) is 2.32. The van der Waals surface area contributed by atoms with Crippen molar-refractivity contribution in [3.8, 4) is 0 Å². The minimum absolute atomic E-state index is 0.112. The number of carboxylic acid groups (broad SMARTS) is 1. The molecule has 0 radical (unpaired) electrons. The Hall–Kier alpha value is -2.67. The predicted octanol–water partition coefficient (Wildman–Crippen LogP) is 1.54. The molecule has 1 N–H and O–H groups in total. The second-order valence-electron chi connectivity index (χ2n) is 5.23. The van der Waals surface area contributed by atoms with Crippen LogP contribution in [0.1, 0.15) is 12.3 Å². The summed E-state index contributed by atoms with van der Waals surface area (Å²) in [4.78, 5) is 28.7. The third-order valence-electron chi connectivity index (χ3n) is 3.53. The van der Waals surface area contributed by atoms with E-state index in [-0.39, 0.29) is 18.9 Å². The molecule has 1 amide bonds. The van der Waals surface area contributed by atoms with Gasteiger partial charge in [0.2, 0.25) is 11.8 Å². The summed E-state index contributed by atoms with van der Waals surface area (Å²) in [6, 6.07) is 7.35. The van der Waals surface area contributed by atoms with Crippen molar-refractivity contribution in [1.82, 2.24) is 9.88 Å². The first kappa shape index (κ1) is 15.2. The highest BCUT2D eigenvalue weighted by Gasteiger charge is 2.24. The van der Waals surface area contributed by atoms with Gasteiger partial charge >= 0.3 is 5.97 Å². The molecule has 1 aliphatic heterocycles. The molecule has 1 aromatic carbocycles. The average molecular weight is 316 g/mol. The average Bonchev–Trinajstić information content (AvgIpc) is 2.95. The molecular weight excluding hydrogens is 300 g/mol. The fraction of sp³-hybridized carbons (Fsp3) is 0.312. The van der Waals surface area contributed by atoms with Crippen LogP contribution in [0.15, 0.2) is 34.8 Å². The molecule has 1 saturated heterocycles. The van der Waals surface area contributed by atoms with Crippen molar-refractivity contribution in [1.29, 1.82) is 0 Å². The lowest BCUT2D eigenvalue weighted by molar-refractivity contribution is -0.145. The normalized spacial score (nSPS) is 18.6. The van der Waals surface area contributed by atoms with Gasteiger partial charge in [-0.05, 0) is 12.1 Å². The number of morpholine rings is 1. The van der Waals surface area contributed by atoms with Crippen LogP contribution >= 0.6 is 0 Å². The molecule has 1 aliphatic rings. The predicted molar refractivity (Wildman–Crippen MR) is 81.6 cm³/mol. The Morgan fingerprint density at radius 1 is 1.39 bits per heavy atom. The van der Waals surface area contributed by atoms with Gasteiger partial charge < -0.3 is 19.2 Å². The number of nitrogens with zero attached hydrogens (tertiary/aromatic N) is 2. The highest BCUT2D eigenvalue weighted by Crippen LogP contribution is 2.16. The number of carboxylic acids is 1. The number of carbonyl (C=O) groups is 2. The van der Waals surface area contributed by atoms with Crippen LogP contribution in [0.2, 0.25) is 0 Å². The molecule has 120 valence electrons. The zero-order valence-electron chi connectivity index (χ0n) is 12.3. The number of ether oxygens (including phenoxy) is 1. The number of oxazole rings is 1. The van der Waals surface area contributed by atoms with Crippen molar-refractivity contribution in [2.75, 3.05) is 19.7 Å². The first-order valence-corrected chi connectivity index (χ1v) is 7.28. The third-order valence-corrected chi connectivity index (χ3v) is 3.53. The van der Waals surface area contributed by atoms with Crippen molar-refractivity contribution in [2.45, 2.75) is 12.5 Å². The first-order valence-electron chi connectivity index (χ1n) is 7.28. The lowest BCUT2D eigenvalue weighted by Crippen LogP contribution is -2.45. The molecule has 2 heterocycles. The number of hydrogen-bond acceptors (Lipinski definition) is 5. The molecule has 1 aromatic heterocycles. The van der Waals surface area contributed by atoms with E-state index in [0.29, 0.717) is 24.6 Å². The molecule has 0 aliphatic carbocycles. The number of carbonyl (C=O) groups excluding carboxylic acids is 1. The van der Waals surface area contributed by atoms with E-state index in [0.717, 1.165) is 5.52 Å². The largest absolute Gasteiger partial charge is 0.481 e. The van der Waals surface area contributed by atoms with E-state index in [2.05, 4.69) is 4.98 Å². The van der Waals surface area contributed by atoms with Crippen molar-refractivity contribution in [3.05, 3.63) is 36.2 Å². The SMILES string of the molecule is O=C(O)CC1CN(C(=O)/C=C/c2nc3ccccc3o2)CCO1. The van der Waals surface area contributed by atoms with Gasteiger partial charge in [0.15, 0.2) is 5.58 Å². The van der Waals surface area contributed by atoms with Crippen LogP contribution in [0.3, 0.4) is 0 Å². The lowest BCUT2D eigenvalue weighted by atomic mass is 10.2. The first-order chi connectivity index (χ1) is 11.1. The van der Waals surface area contributed by atoms with E-state index in [1.54, 1.807) is 11.0 Å². The number of rotatable bonds is 4. The van der Waals surface area contributed by atoms with E-state index in [4.69, 9.17) is 14.3 Å². The molecule has 23 heavy (non-hydrogen) atoms. The maximum atomic E-state index is 12.2. The van der Waals surface area contributed by atoms with Crippen molar-refractivity contribution < 1.29 is 23.8 Å². The Morgan fingerprint density at radius 2 is 2.22 bits per heavy atom.